The molecule has 0 saturated heterocycles. The van der Waals surface area contributed by atoms with Crippen molar-refractivity contribution in [2.75, 3.05) is 0 Å². The number of fused-ring (bicyclic) bond motifs is 2. The molecule has 0 unspecified atom stereocenters. The van der Waals surface area contributed by atoms with Crippen LogP contribution in [0.5, 0.6) is 0 Å². The van der Waals surface area contributed by atoms with Gasteiger partial charge in [-0.3, -0.25) is 9.20 Å². The molecular weight excluding hydrogens is 348 g/mol. The van der Waals surface area contributed by atoms with Gasteiger partial charge in [0.1, 0.15) is 23.3 Å². The highest BCUT2D eigenvalue weighted by atomic mass is 16.1. The van der Waals surface area contributed by atoms with E-state index in [0.29, 0.717) is 5.56 Å². The normalized spacial score (nSPS) is 10.7. The van der Waals surface area contributed by atoms with Crippen LogP contribution in [0.1, 0.15) is 21.6 Å². The van der Waals surface area contributed by atoms with E-state index in [0.717, 1.165) is 45.4 Å². The summed E-state index contributed by atoms with van der Waals surface area (Å²) in [6.07, 6.45) is 8.24. The predicted molar refractivity (Wildman–Crippen MR) is 108 cm³/mol. The van der Waals surface area contributed by atoms with Gasteiger partial charge >= 0.3 is 0 Å². The van der Waals surface area contributed by atoms with Crippen molar-refractivity contribution in [1.82, 2.24) is 19.4 Å². The van der Waals surface area contributed by atoms with Crippen LogP contribution in [-0.4, -0.2) is 25.6 Å². The van der Waals surface area contributed by atoms with Crippen molar-refractivity contribution in [3.05, 3.63) is 90.1 Å². The molecule has 0 radical (unpaired) electrons. The summed E-state index contributed by atoms with van der Waals surface area (Å²) in [5.74, 6) is 6.46. The van der Waals surface area contributed by atoms with E-state index >= 15 is 0 Å². The van der Waals surface area contributed by atoms with Crippen molar-refractivity contribution >= 4 is 23.0 Å². The standard InChI is InChI=1S/C23H14N4O/c28-15-16-1-3-17(4-2-16)19-6-8-22-26-13-20(27(22)14-19)7-5-18-9-11-24-23-21(18)10-12-25-23/h1-4,6,8-15H,(H,24,25). The Morgan fingerprint density at radius 3 is 2.64 bits per heavy atom. The molecule has 28 heavy (non-hydrogen) atoms. The number of rotatable bonds is 2. The number of H-pyrrole nitrogens is 1. The summed E-state index contributed by atoms with van der Waals surface area (Å²) >= 11 is 0. The molecule has 4 heterocycles. The number of hydrogen-bond acceptors (Lipinski definition) is 3. The SMILES string of the molecule is O=Cc1ccc(-c2ccc3ncc(C#Cc4ccnc5[nH]ccc45)n3c2)cc1. The van der Waals surface area contributed by atoms with E-state index in [1.165, 1.54) is 0 Å². The second-order valence-electron chi connectivity index (χ2n) is 6.38. The van der Waals surface area contributed by atoms with Crippen LogP contribution in [0, 0.1) is 11.8 Å². The number of carbonyl (C=O) groups is 1. The van der Waals surface area contributed by atoms with Gasteiger partial charge in [-0.25, -0.2) is 9.97 Å². The van der Waals surface area contributed by atoms with Gasteiger partial charge < -0.3 is 4.98 Å². The quantitative estimate of drug-likeness (QED) is 0.380. The van der Waals surface area contributed by atoms with E-state index in [4.69, 9.17) is 0 Å². The first kappa shape index (κ1) is 16.0. The molecule has 0 aliphatic carbocycles. The number of aromatic nitrogens is 4. The molecule has 5 heteroatoms. The number of carbonyl (C=O) groups excluding carboxylic acids is 1. The van der Waals surface area contributed by atoms with Crippen LogP contribution in [0.25, 0.3) is 27.8 Å². The molecule has 0 bridgehead atoms. The zero-order valence-corrected chi connectivity index (χ0v) is 14.8. The molecule has 0 fully saturated rings. The molecule has 0 aliphatic heterocycles. The number of nitrogens with one attached hydrogen (secondary N) is 1. The Hall–Kier alpha value is -4.17. The lowest BCUT2D eigenvalue weighted by Gasteiger charge is -2.04. The van der Waals surface area contributed by atoms with Crippen molar-refractivity contribution in [3.63, 3.8) is 0 Å². The highest BCUT2D eigenvalue weighted by Gasteiger charge is 2.05. The molecule has 1 aromatic carbocycles. The number of pyridine rings is 2. The van der Waals surface area contributed by atoms with E-state index in [9.17, 15) is 4.79 Å². The van der Waals surface area contributed by atoms with Gasteiger partial charge in [0.2, 0.25) is 0 Å². The summed E-state index contributed by atoms with van der Waals surface area (Å²) in [5.41, 5.74) is 6.10. The topological polar surface area (TPSA) is 63.0 Å². The third kappa shape index (κ3) is 2.74. The van der Waals surface area contributed by atoms with Gasteiger partial charge in [0.25, 0.3) is 0 Å². The van der Waals surface area contributed by atoms with Gasteiger partial charge in [-0.05, 0) is 41.3 Å². The number of aromatic amines is 1. The number of imidazole rings is 1. The fraction of sp³-hybridized carbons (Fsp3) is 0. The molecule has 0 amide bonds. The molecule has 1 N–H and O–H groups in total. The number of aldehydes is 1. The Morgan fingerprint density at radius 1 is 0.929 bits per heavy atom. The number of nitrogens with zero attached hydrogens (tertiary/aromatic N) is 3. The van der Waals surface area contributed by atoms with Crippen LogP contribution in [0.4, 0.5) is 0 Å². The molecule has 132 valence electrons. The maximum absolute atomic E-state index is 10.9. The van der Waals surface area contributed by atoms with Crippen molar-refractivity contribution in [2.45, 2.75) is 0 Å². The average molecular weight is 362 g/mol. The maximum atomic E-state index is 10.9. The minimum Gasteiger partial charge on any atom is -0.346 e. The lowest BCUT2D eigenvalue weighted by atomic mass is 10.1. The summed E-state index contributed by atoms with van der Waals surface area (Å²) in [6.45, 7) is 0. The molecule has 0 atom stereocenters. The van der Waals surface area contributed by atoms with Gasteiger partial charge in [0, 0.05) is 35.1 Å². The molecular formula is C23H14N4O. The lowest BCUT2D eigenvalue weighted by molar-refractivity contribution is 0.112. The van der Waals surface area contributed by atoms with Gasteiger partial charge in [0.05, 0.1) is 6.20 Å². The van der Waals surface area contributed by atoms with Crippen LogP contribution >= 0.6 is 0 Å². The fourth-order valence-electron chi connectivity index (χ4n) is 3.20. The fourth-order valence-corrected chi connectivity index (χ4v) is 3.20. The van der Waals surface area contributed by atoms with E-state index in [2.05, 4.69) is 26.8 Å². The second kappa shape index (κ2) is 6.53. The molecule has 5 rings (SSSR count). The Balaban J connectivity index is 1.57. The highest BCUT2D eigenvalue weighted by Crippen LogP contribution is 2.21. The molecule has 5 aromatic rings. The summed E-state index contributed by atoms with van der Waals surface area (Å²) in [7, 11) is 0. The monoisotopic (exact) mass is 362 g/mol. The lowest BCUT2D eigenvalue weighted by Crippen LogP contribution is -1.90. The van der Waals surface area contributed by atoms with Crippen LogP contribution in [-0.2, 0) is 0 Å². The Morgan fingerprint density at radius 2 is 1.79 bits per heavy atom. The van der Waals surface area contributed by atoms with E-state index in [1.807, 2.05) is 65.3 Å². The first-order valence-corrected chi connectivity index (χ1v) is 8.79. The summed E-state index contributed by atoms with van der Waals surface area (Å²) < 4.78 is 1.98. The minimum atomic E-state index is 0.660. The van der Waals surface area contributed by atoms with E-state index in [-0.39, 0.29) is 0 Å². The summed E-state index contributed by atoms with van der Waals surface area (Å²) in [4.78, 5) is 22.7. The van der Waals surface area contributed by atoms with Crippen molar-refractivity contribution < 1.29 is 4.79 Å². The van der Waals surface area contributed by atoms with Crippen molar-refractivity contribution in [2.24, 2.45) is 0 Å². The maximum Gasteiger partial charge on any atom is 0.150 e. The van der Waals surface area contributed by atoms with Gasteiger partial charge in [-0.2, -0.15) is 0 Å². The van der Waals surface area contributed by atoms with Gasteiger partial charge in [0.15, 0.2) is 0 Å². The smallest absolute Gasteiger partial charge is 0.150 e. The molecule has 4 aromatic heterocycles. The van der Waals surface area contributed by atoms with Gasteiger partial charge in [-0.1, -0.05) is 30.2 Å². The molecule has 0 aliphatic rings. The predicted octanol–water partition coefficient (Wildman–Crippen LogP) is 4.09. The third-order valence-electron chi connectivity index (χ3n) is 4.67. The molecule has 0 spiro atoms. The first-order chi connectivity index (χ1) is 13.8. The number of benzene rings is 1. The Kier molecular flexibility index (Phi) is 3.74. The second-order valence-corrected chi connectivity index (χ2v) is 6.38. The highest BCUT2D eigenvalue weighted by molar-refractivity contribution is 5.82. The van der Waals surface area contributed by atoms with E-state index < -0.39 is 0 Å². The largest absolute Gasteiger partial charge is 0.346 e. The van der Waals surface area contributed by atoms with Crippen LogP contribution < -0.4 is 0 Å². The van der Waals surface area contributed by atoms with Crippen LogP contribution in [0.3, 0.4) is 0 Å². The van der Waals surface area contributed by atoms with Crippen molar-refractivity contribution in [3.8, 4) is 23.0 Å². The number of hydrogen-bond donors (Lipinski definition) is 1. The third-order valence-corrected chi connectivity index (χ3v) is 4.67. The Bertz CT molecular complexity index is 1380. The Labute approximate surface area is 160 Å². The minimum absolute atomic E-state index is 0.660. The molecule has 5 nitrogen and oxygen atoms in total. The van der Waals surface area contributed by atoms with E-state index in [1.54, 1.807) is 12.4 Å². The van der Waals surface area contributed by atoms with Gasteiger partial charge in [-0.15, -0.1) is 0 Å². The average Bonchev–Trinajstić information content (AvgIpc) is 3.39. The summed E-state index contributed by atoms with van der Waals surface area (Å²) in [5, 5.41) is 1.000. The van der Waals surface area contributed by atoms with Crippen LogP contribution in [0.2, 0.25) is 0 Å². The zero-order valence-electron chi connectivity index (χ0n) is 14.8. The summed E-state index contributed by atoms with van der Waals surface area (Å²) in [6, 6.07) is 15.4. The molecule has 0 saturated carbocycles. The van der Waals surface area contributed by atoms with Crippen LogP contribution in [0.15, 0.2) is 73.3 Å². The first-order valence-electron chi connectivity index (χ1n) is 8.79. The zero-order chi connectivity index (χ0) is 18.9. The van der Waals surface area contributed by atoms with Crippen molar-refractivity contribution in [1.29, 1.82) is 0 Å².